The number of aromatic nitrogens is 5. The summed E-state index contributed by atoms with van der Waals surface area (Å²) in [5.74, 6) is -0.165. The summed E-state index contributed by atoms with van der Waals surface area (Å²) in [6.45, 7) is 10.9. The first kappa shape index (κ1) is 22.4. The van der Waals surface area contributed by atoms with Gasteiger partial charge < -0.3 is 4.57 Å². The maximum Gasteiger partial charge on any atom is 0.257 e. The highest BCUT2D eigenvalue weighted by molar-refractivity contribution is 5.90. The Balaban J connectivity index is 1.71. The zero-order valence-corrected chi connectivity index (χ0v) is 19.0. The molecule has 0 spiro atoms. The molecule has 0 saturated heterocycles. The van der Waals surface area contributed by atoms with Crippen molar-refractivity contribution in [2.24, 2.45) is 5.41 Å². The second-order valence-corrected chi connectivity index (χ2v) is 8.74. The fourth-order valence-corrected chi connectivity index (χ4v) is 4.00. The number of allylic oxidation sites excluding steroid dienone is 10. The standard InChI is InChI=1S/C25H31N5O/c1-19(7-6-8-20(2)15-24(31)30-17-27-28-18-30)9-10-22-21(3)23(11-12-25(22,4)5)29-14-13-26-16-29/h6-10,13-18,23H,11-12H2,1-5H3/b8-6+,10-9+,19-7+,20-15-. The average molecular weight is 418 g/mol. The van der Waals surface area contributed by atoms with Crippen LogP contribution in [0.5, 0.6) is 0 Å². The van der Waals surface area contributed by atoms with Gasteiger partial charge in [0, 0.05) is 18.5 Å². The summed E-state index contributed by atoms with van der Waals surface area (Å²) in [7, 11) is 0. The van der Waals surface area contributed by atoms with Crippen molar-refractivity contribution in [3.05, 3.63) is 90.1 Å². The highest BCUT2D eigenvalue weighted by atomic mass is 16.1. The molecule has 2 aromatic rings. The number of hydrogen-bond acceptors (Lipinski definition) is 4. The number of nitrogens with zero attached hydrogens (tertiary/aromatic N) is 5. The molecule has 0 radical (unpaired) electrons. The number of carbonyl (C=O) groups excluding carboxylic acids is 1. The van der Waals surface area contributed by atoms with E-state index in [1.807, 2.05) is 37.8 Å². The first-order valence-electron chi connectivity index (χ1n) is 10.6. The lowest BCUT2D eigenvalue weighted by molar-refractivity contribution is 0.0967. The Labute approximate surface area is 184 Å². The average Bonchev–Trinajstić information content (AvgIpc) is 3.41. The van der Waals surface area contributed by atoms with Crippen LogP contribution in [0, 0.1) is 5.41 Å². The topological polar surface area (TPSA) is 65.6 Å². The summed E-state index contributed by atoms with van der Waals surface area (Å²) < 4.78 is 3.56. The van der Waals surface area contributed by atoms with Gasteiger partial charge in [-0.05, 0) is 55.7 Å². The number of hydrogen-bond donors (Lipinski definition) is 0. The van der Waals surface area contributed by atoms with Crippen molar-refractivity contribution in [3.63, 3.8) is 0 Å². The van der Waals surface area contributed by atoms with Crippen molar-refractivity contribution < 1.29 is 4.79 Å². The zero-order valence-electron chi connectivity index (χ0n) is 19.0. The minimum Gasteiger partial charge on any atom is -0.330 e. The van der Waals surface area contributed by atoms with Gasteiger partial charge in [0.05, 0.1) is 12.4 Å². The summed E-state index contributed by atoms with van der Waals surface area (Å²) in [6, 6.07) is 0.371. The molecule has 0 N–H and O–H groups in total. The largest absolute Gasteiger partial charge is 0.330 e. The van der Waals surface area contributed by atoms with Gasteiger partial charge in [0.1, 0.15) is 12.7 Å². The normalized spacial score (nSPS) is 20.2. The SMILES string of the molecule is CC1=C(/C=C/C(C)=C/C=C/C(C)=C\C(=O)n2cnnc2)C(C)(C)CCC1n1ccnc1. The summed E-state index contributed by atoms with van der Waals surface area (Å²) in [6.07, 6.45) is 22.8. The van der Waals surface area contributed by atoms with Crippen LogP contribution in [0.3, 0.4) is 0 Å². The van der Waals surface area contributed by atoms with Crippen LogP contribution in [0.15, 0.2) is 90.1 Å². The van der Waals surface area contributed by atoms with E-state index in [2.05, 4.69) is 65.7 Å². The molecule has 1 atom stereocenters. The molecule has 1 unspecified atom stereocenters. The summed E-state index contributed by atoms with van der Waals surface area (Å²) in [5.41, 5.74) is 4.96. The van der Waals surface area contributed by atoms with Crippen molar-refractivity contribution in [2.45, 2.75) is 53.5 Å². The van der Waals surface area contributed by atoms with Gasteiger partial charge in [0.2, 0.25) is 0 Å². The molecular weight excluding hydrogens is 386 g/mol. The van der Waals surface area contributed by atoms with Gasteiger partial charge in [-0.3, -0.25) is 9.36 Å². The van der Waals surface area contributed by atoms with Gasteiger partial charge >= 0.3 is 0 Å². The van der Waals surface area contributed by atoms with Crippen LogP contribution in [-0.4, -0.2) is 30.2 Å². The summed E-state index contributed by atoms with van der Waals surface area (Å²) >= 11 is 0. The lowest BCUT2D eigenvalue weighted by atomic mass is 9.71. The third kappa shape index (κ3) is 5.66. The molecule has 0 fully saturated rings. The fraction of sp³-hybridized carbons (Fsp3) is 0.360. The van der Waals surface area contributed by atoms with E-state index in [4.69, 9.17) is 0 Å². The van der Waals surface area contributed by atoms with Gasteiger partial charge in [-0.1, -0.05) is 49.8 Å². The van der Waals surface area contributed by atoms with Gasteiger partial charge in [-0.2, -0.15) is 0 Å². The van der Waals surface area contributed by atoms with Crippen molar-refractivity contribution >= 4 is 5.91 Å². The number of imidazole rings is 1. The molecule has 6 heteroatoms. The molecule has 162 valence electrons. The molecule has 0 saturated carbocycles. The third-order valence-corrected chi connectivity index (χ3v) is 5.84. The number of carbonyl (C=O) groups is 1. The Morgan fingerprint density at radius 3 is 2.55 bits per heavy atom. The molecule has 1 aliphatic rings. The highest BCUT2D eigenvalue weighted by Gasteiger charge is 2.32. The van der Waals surface area contributed by atoms with Crippen molar-refractivity contribution in [3.8, 4) is 0 Å². The Bertz CT molecular complexity index is 1050. The van der Waals surface area contributed by atoms with E-state index in [0.29, 0.717) is 6.04 Å². The molecule has 0 aliphatic heterocycles. The Morgan fingerprint density at radius 1 is 1.13 bits per heavy atom. The minimum absolute atomic E-state index is 0.148. The maximum absolute atomic E-state index is 12.0. The molecule has 2 aromatic heterocycles. The van der Waals surface area contributed by atoms with Crippen LogP contribution in [0.2, 0.25) is 0 Å². The smallest absolute Gasteiger partial charge is 0.257 e. The first-order valence-corrected chi connectivity index (χ1v) is 10.6. The Hall–Kier alpha value is -3.28. The third-order valence-electron chi connectivity index (χ3n) is 5.84. The molecule has 3 rings (SSSR count). The summed E-state index contributed by atoms with van der Waals surface area (Å²) in [5, 5.41) is 7.30. The van der Waals surface area contributed by atoms with Crippen molar-refractivity contribution in [2.75, 3.05) is 0 Å². The van der Waals surface area contributed by atoms with Crippen LogP contribution in [0.4, 0.5) is 0 Å². The lowest BCUT2D eigenvalue weighted by Gasteiger charge is -2.37. The van der Waals surface area contributed by atoms with Crippen LogP contribution in [-0.2, 0) is 0 Å². The number of rotatable bonds is 6. The Morgan fingerprint density at radius 2 is 1.87 bits per heavy atom. The van der Waals surface area contributed by atoms with Gasteiger partial charge in [-0.25, -0.2) is 4.98 Å². The molecule has 2 heterocycles. The zero-order chi connectivity index (χ0) is 22.4. The quantitative estimate of drug-likeness (QED) is 0.460. The van der Waals surface area contributed by atoms with E-state index in [1.54, 1.807) is 6.08 Å². The van der Waals surface area contributed by atoms with Crippen molar-refractivity contribution in [1.29, 1.82) is 0 Å². The van der Waals surface area contributed by atoms with E-state index in [9.17, 15) is 4.79 Å². The fourth-order valence-electron chi connectivity index (χ4n) is 4.00. The minimum atomic E-state index is -0.165. The molecule has 1 aliphatic carbocycles. The van der Waals surface area contributed by atoms with Crippen LogP contribution >= 0.6 is 0 Å². The van der Waals surface area contributed by atoms with Crippen LogP contribution in [0.25, 0.3) is 0 Å². The van der Waals surface area contributed by atoms with Crippen molar-refractivity contribution in [1.82, 2.24) is 24.3 Å². The highest BCUT2D eigenvalue weighted by Crippen LogP contribution is 2.45. The molecule has 0 amide bonds. The summed E-state index contributed by atoms with van der Waals surface area (Å²) in [4.78, 5) is 16.2. The molecular formula is C25H31N5O. The van der Waals surface area contributed by atoms with E-state index in [0.717, 1.165) is 24.0 Å². The molecule has 31 heavy (non-hydrogen) atoms. The first-order chi connectivity index (χ1) is 14.8. The molecule has 6 nitrogen and oxygen atoms in total. The van der Waals surface area contributed by atoms with Gasteiger partial charge in [0.15, 0.2) is 0 Å². The Kier molecular flexibility index (Phi) is 7.00. The van der Waals surface area contributed by atoms with E-state index < -0.39 is 0 Å². The van der Waals surface area contributed by atoms with E-state index in [1.165, 1.54) is 28.4 Å². The second-order valence-electron chi connectivity index (χ2n) is 8.74. The predicted octanol–water partition coefficient (Wildman–Crippen LogP) is 5.50. The van der Waals surface area contributed by atoms with Crippen LogP contribution in [0.1, 0.15) is 58.3 Å². The van der Waals surface area contributed by atoms with Gasteiger partial charge in [0.25, 0.3) is 5.91 Å². The van der Waals surface area contributed by atoms with E-state index >= 15 is 0 Å². The second kappa shape index (κ2) is 9.69. The van der Waals surface area contributed by atoms with E-state index in [-0.39, 0.29) is 11.3 Å². The monoisotopic (exact) mass is 417 g/mol. The molecule has 0 aromatic carbocycles. The van der Waals surface area contributed by atoms with Crippen LogP contribution < -0.4 is 0 Å². The predicted molar refractivity (Wildman–Crippen MR) is 123 cm³/mol. The molecule has 0 bridgehead atoms. The lowest BCUT2D eigenvalue weighted by Crippen LogP contribution is -2.25. The van der Waals surface area contributed by atoms with Gasteiger partial charge in [-0.15, -0.1) is 10.2 Å². The maximum atomic E-state index is 12.0.